The molecule has 0 bridgehead atoms. The van der Waals surface area contributed by atoms with Crippen LogP contribution in [0.4, 0.5) is 14.9 Å². The Bertz CT molecular complexity index is 894. The van der Waals surface area contributed by atoms with Crippen LogP contribution >= 0.6 is 31.9 Å². The molecule has 3 fully saturated rings. The number of benzene rings is 1. The first-order chi connectivity index (χ1) is 15.8. The van der Waals surface area contributed by atoms with Crippen molar-refractivity contribution < 1.29 is 18.8 Å². The van der Waals surface area contributed by atoms with Crippen molar-refractivity contribution in [2.45, 2.75) is 51.0 Å². The van der Waals surface area contributed by atoms with Gasteiger partial charge in [0.1, 0.15) is 11.9 Å². The molecule has 1 aromatic rings. The molecule has 4 amide bonds. The van der Waals surface area contributed by atoms with E-state index in [9.17, 15) is 18.8 Å². The fraction of sp³-hybridized carbons (Fsp3) is 0.609. The maximum Gasteiger partial charge on any atom is 0.322 e. The van der Waals surface area contributed by atoms with Gasteiger partial charge in [-0.05, 0) is 73.0 Å². The molecule has 1 aromatic carbocycles. The van der Waals surface area contributed by atoms with Crippen molar-refractivity contribution in [2.24, 2.45) is 5.92 Å². The third-order valence-electron chi connectivity index (χ3n) is 6.86. The molecule has 4 rings (SSSR count). The summed E-state index contributed by atoms with van der Waals surface area (Å²) in [5, 5.41) is 2.62. The van der Waals surface area contributed by atoms with Gasteiger partial charge in [-0.1, -0.05) is 15.9 Å². The Morgan fingerprint density at radius 2 is 1.52 bits per heavy atom. The Hall–Kier alpha value is -1.68. The molecule has 0 radical (unpaired) electrons. The number of rotatable bonds is 3. The Kier molecular flexibility index (Phi) is 7.94. The first-order valence-corrected chi connectivity index (χ1v) is 13.2. The molecule has 10 heteroatoms. The molecule has 180 valence electrons. The summed E-state index contributed by atoms with van der Waals surface area (Å²) >= 11 is 6.50. The predicted octanol–water partition coefficient (Wildman–Crippen LogP) is 4.60. The van der Waals surface area contributed by atoms with Crippen LogP contribution in [0.3, 0.4) is 0 Å². The topological polar surface area (TPSA) is 73.0 Å². The van der Waals surface area contributed by atoms with Crippen LogP contribution in [-0.2, 0) is 9.59 Å². The molecule has 0 saturated carbocycles. The molecular weight excluding hydrogens is 559 g/mol. The zero-order valence-electron chi connectivity index (χ0n) is 18.5. The molecule has 0 aliphatic carbocycles. The van der Waals surface area contributed by atoms with Crippen LogP contribution in [0.1, 0.15) is 44.9 Å². The number of carbonyl (C=O) groups is 3. The van der Waals surface area contributed by atoms with Gasteiger partial charge in [0, 0.05) is 47.6 Å². The second-order valence-corrected chi connectivity index (χ2v) is 10.8. The minimum atomic E-state index is -0.563. The number of hydrogen-bond acceptors (Lipinski definition) is 3. The molecule has 0 unspecified atom stereocenters. The van der Waals surface area contributed by atoms with Crippen molar-refractivity contribution >= 4 is 55.4 Å². The quantitative estimate of drug-likeness (QED) is 0.562. The van der Waals surface area contributed by atoms with E-state index in [0.29, 0.717) is 47.8 Å². The number of carbonyl (C=O) groups excluding carboxylic acids is 3. The highest BCUT2D eigenvalue weighted by atomic mass is 79.9. The second-order valence-electron chi connectivity index (χ2n) is 9.01. The SMILES string of the molecule is O=C(C1CCN(C(=O)[C@@H]2CCCN2C(=O)Nc2c(F)cc(Br)cc2Br)CC1)N1CCCCC1. The van der Waals surface area contributed by atoms with Crippen LogP contribution in [0.2, 0.25) is 0 Å². The number of likely N-dealkylation sites (tertiary alicyclic amines) is 3. The number of urea groups is 1. The Balaban J connectivity index is 1.34. The molecule has 33 heavy (non-hydrogen) atoms. The van der Waals surface area contributed by atoms with Crippen LogP contribution in [0.15, 0.2) is 21.1 Å². The Morgan fingerprint density at radius 3 is 2.18 bits per heavy atom. The lowest BCUT2D eigenvalue weighted by atomic mass is 9.94. The summed E-state index contributed by atoms with van der Waals surface area (Å²) < 4.78 is 15.3. The maximum atomic E-state index is 14.3. The highest BCUT2D eigenvalue weighted by Crippen LogP contribution is 2.31. The number of nitrogens with zero attached hydrogens (tertiary/aromatic N) is 3. The molecule has 1 N–H and O–H groups in total. The smallest absolute Gasteiger partial charge is 0.322 e. The summed E-state index contributed by atoms with van der Waals surface area (Å²) in [6.45, 7) is 3.20. The number of nitrogens with one attached hydrogen (secondary N) is 1. The van der Waals surface area contributed by atoms with Gasteiger partial charge in [-0.15, -0.1) is 0 Å². The second kappa shape index (κ2) is 10.7. The van der Waals surface area contributed by atoms with E-state index >= 15 is 0 Å². The standard InChI is InChI=1S/C23H29Br2FN4O3/c24-16-13-17(25)20(18(26)14-16)27-23(33)30-10-4-5-19(30)22(32)29-11-6-15(7-12-29)21(31)28-8-2-1-3-9-28/h13-15,19H,1-12H2,(H,27,33)/t19-/m0/s1. The van der Waals surface area contributed by atoms with Crippen LogP contribution in [-0.4, -0.2) is 71.3 Å². The summed E-state index contributed by atoms with van der Waals surface area (Å²) in [5.74, 6) is -0.437. The van der Waals surface area contributed by atoms with Gasteiger partial charge in [-0.3, -0.25) is 9.59 Å². The number of amides is 4. The number of hydrogen-bond donors (Lipinski definition) is 1. The van der Waals surface area contributed by atoms with Crippen molar-refractivity contribution in [3.8, 4) is 0 Å². The van der Waals surface area contributed by atoms with E-state index in [2.05, 4.69) is 37.2 Å². The fourth-order valence-corrected chi connectivity index (χ4v) is 6.31. The summed E-state index contributed by atoms with van der Waals surface area (Å²) in [5.41, 5.74) is 0.0540. The van der Waals surface area contributed by atoms with Gasteiger partial charge >= 0.3 is 6.03 Å². The van der Waals surface area contributed by atoms with Crippen molar-refractivity contribution in [3.05, 3.63) is 26.9 Å². The monoisotopic (exact) mass is 586 g/mol. The van der Waals surface area contributed by atoms with Gasteiger partial charge in [-0.2, -0.15) is 0 Å². The molecule has 3 saturated heterocycles. The van der Waals surface area contributed by atoms with E-state index in [0.717, 1.165) is 32.4 Å². The molecular formula is C23H29Br2FN4O3. The first-order valence-electron chi connectivity index (χ1n) is 11.6. The summed E-state index contributed by atoms with van der Waals surface area (Å²) in [6, 6.07) is 1.89. The molecule has 0 aromatic heterocycles. The largest absolute Gasteiger partial charge is 0.342 e. The third kappa shape index (κ3) is 5.53. The molecule has 3 heterocycles. The van der Waals surface area contributed by atoms with E-state index < -0.39 is 17.9 Å². The van der Waals surface area contributed by atoms with Crippen molar-refractivity contribution in [1.29, 1.82) is 0 Å². The molecule has 3 aliphatic heterocycles. The van der Waals surface area contributed by atoms with E-state index in [1.165, 1.54) is 17.4 Å². The fourth-order valence-electron chi connectivity index (χ4n) is 5.04. The summed E-state index contributed by atoms with van der Waals surface area (Å²) in [7, 11) is 0. The molecule has 3 aliphatic rings. The minimum absolute atomic E-state index is 0.0205. The molecule has 0 spiro atoms. The van der Waals surface area contributed by atoms with Crippen LogP contribution in [0.5, 0.6) is 0 Å². The van der Waals surface area contributed by atoms with Crippen molar-refractivity contribution in [3.63, 3.8) is 0 Å². The lowest BCUT2D eigenvalue weighted by Gasteiger charge is -2.37. The average Bonchev–Trinajstić information content (AvgIpc) is 3.31. The predicted molar refractivity (Wildman–Crippen MR) is 130 cm³/mol. The van der Waals surface area contributed by atoms with Crippen molar-refractivity contribution in [2.75, 3.05) is 38.0 Å². The Labute approximate surface area is 210 Å². The molecule has 1 atom stereocenters. The van der Waals surface area contributed by atoms with Crippen LogP contribution < -0.4 is 5.32 Å². The van der Waals surface area contributed by atoms with E-state index in [1.54, 1.807) is 11.0 Å². The van der Waals surface area contributed by atoms with E-state index in [4.69, 9.17) is 0 Å². The zero-order chi connectivity index (χ0) is 23.5. The minimum Gasteiger partial charge on any atom is -0.342 e. The zero-order valence-corrected chi connectivity index (χ0v) is 21.7. The van der Waals surface area contributed by atoms with Gasteiger partial charge in [0.2, 0.25) is 11.8 Å². The number of halogens is 3. The average molecular weight is 588 g/mol. The highest BCUT2D eigenvalue weighted by molar-refractivity contribution is 9.11. The van der Waals surface area contributed by atoms with Gasteiger partial charge in [0.05, 0.1) is 5.69 Å². The van der Waals surface area contributed by atoms with Gasteiger partial charge in [0.25, 0.3) is 0 Å². The number of piperidine rings is 2. The maximum absolute atomic E-state index is 14.3. The van der Waals surface area contributed by atoms with E-state index in [-0.39, 0.29) is 23.4 Å². The van der Waals surface area contributed by atoms with Gasteiger partial charge in [-0.25, -0.2) is 9.18 Å². The lowest BCUT2D eigenvalue weighted by molar-refractivity contribution is -0.142. The summed E-state index contributed by atoms with van der Waals surface area (Å²) in [4.78, 5) is 44.2. The van der Waals surface area contributed by atoms with Crippen molar-refractivity contribution in [1.82, 2.24) is 14.7 Å². The summed E-state index contributed by atoms with van der Waals surface area (Å²) in [6.07, 6.45) is 5.97. The van der Waals surface area contributed by atoms with Crippen LogP contribution in [0, 0.1) is 11.7 Å². The molecule has 7 nitrogen and oxygen atoms in total. The number of anilines is 1. The third-order valence-corrected chi connectivity index (χ3v) is 7.94. The normalized spacial score (nSPS) is 21.9. The van der Waals surface area contributed by atoms with Gasteiger partial charge in [0.15, 0.2) is 0 Å². The van der Waals surface area contributed by atoms with E-state index in [1.807, 2.05) is 4.90 Å². The Morgan fingerprint density at radius 1 is 0.848 bits per heavy atom. The highest BCUT2D eigenvalue weighted by Gasteiger charge is 2.39. The van der Waals surface area contributed by atoms with Gasteiger partial charge < -0.3 is 20.0 Å². The van der Waals surface area contributed by atoms with Crippen LogP contribution in [0.25, 0.3) is 0 Å². The first kappa shape index (κ1) is 24.4. The lowest BCUT2D eigenvalue weighted by Crippen LogP contribution is -2.52.